The molecule has 0 aliphatic rings. The molecule has 0 aromatic heterocycles. The highest BCUT2D eigenvalue weighted by atomic mass is 16.5. The summed E-state index contributed by atoms with van der Waals surface area (Å²) in [5.74, 6) is 3.40. The first-order valence-corrected chi connectivity index (χ1v) is 18.1. The van der Waals surface area contributed by atoms with E-state index in [2.05, 4.69) is 121 Å². The Morgan fingerprint density at radius 3 is 0.846 bits per heavy atom. The monoisotopic (exact) mass is 692 g/mol. The quantitative estimate of drug-likeness (QED) is 0.0887. The van der Waals surface area contributed by atoms with Crippen LogP contribution in [0.1, 0.15) is 39.5 Å². The Kier molecular flexibility index (Phi) is 12.3. The first kappa shape index (κ1) is 35.9. The molecule has 0 spiro atoms. The third-order valence-corrected chi connectivity index (χ3v) is 8.97. The van der Waals surface area contributed by atoms with Gasteiger partial charge in [-0.15, -0.1) is 0 Å². The van der Waals surface area contributed by atoms with Gasteiger partial charge in [0.15, 0.2) is 0 Å². The predicted molar refractivity (Wildman–Crippen MR) is 215 cm³/mol. The fourth-order valence-corrected chi connectivity index (χ4v) is 6.01. The minimum absolute atomic E-state index is 0.724. The van der Waals surface area contributed by atoms with E-state index < -0.39 is 0 Å². The maximum Gasteiger partial charge on any atom is 0.119 e. The molecule has 0 fully saturated rings. The van der Waals surface area contributed by atoms with E-state index in [0.717, 1.165) is 107 Å². The fourth-order valence-electron chi connectivity index (χ4n) is 6.01. The molecule has 52 heavy (non-hydrogen) atoms. The highest BCUT2D eigenvalue weighted by molar-refractivity contribution is 5.81. The lowest BCUT2D eigenvalue weighted by molar-refractivity contribution is 0.309. The molecule has 0 heterocycles. The maximum absolute atomic E-state index is 5.94. The van der Waals surface area contributed by atoms with E-state index in [9.17, 15) is 0 Å². The number of methoxy groups -OCH3 is 2. The van der Waals surface area contributed by atoms with Gasteiger partial charge in [0, 0.05) is 34.1 Å². The Morgan fingerprint density at radius 2 is 0.596 bits per heavy atom. The molecule has 0 saturated carbocycles. The summed E-state index contributed by atoms with van der Waals surface area (Å²) in [5.41, 5.74) is 8.54. The van der Waals surface area contributed by atoms with Crippen LogP contribution in [-0.4, -0.2) is 27.4 Å². The van der Waals surface area contributed by atoms with Gasteiger partial charge in [-0.25, -0.2) is 0 Å². The first-order valence-electron chi connectivity index (χ1n) is 18.1. The van der Waals surface area contributed by atoms with E-state index in [4.69, 9.17) is 18.9 Å². The summed E-state index contributed by atoms with van der Waals surface area (Å²) in [6.07, 6.45) is 4.29. The van der Waals surface area contributed by atoms with Gasteiger partial charge in [-0.2, -0.15) is 0 Å². The van der Waals surface area contributed by atoms with E-state index in [1.165, 1.54) is 0 Å². The van der Waals surface area contributed by atoms with E-state index in [1.54, 1.807) is 14.2 Å². The van der Waals surface area contributed by atoms with Gasteiger partial charge >= 0.3 is 0 Å². The number of hydrogen-bond donors (Lipinski definition) is 0. The van der Waals surface area contributed by atoms with Crippen molar-refractivity contribution < 1.29 is 18.9 Å². The third kappa shape index (κ3) is 8.88. The van der Waals surface area contributed by atoms with Crippen LogP contribution >= 0.6 is 0 Å². The van der Waals surface area contributed by atoms with Gasteiger partial charge < -0.3 is 28.7 Å². The SMILES string of the molecule is CCCCOc1ccc(N(c2ccc(OC)cc2)c2ccc(-c3ccc(N(c4ccc(OC)cc4)c4ccc(OCCCC)cc4)cc3)cc2)cc1. The average Bonchev–Trinajstić information content (AvgIpc) is 3.20. The average molecular weight is 693 g/mol. The first-order chi connectivity index (χ1) is 25.6. The molecule has 6 rings (SSSR count). The molecule has 0 aliphatic carbocycles. The second kappa shape index (κ2) is 17.9. The zero-order chi connectivity index (χ0) is 36.1. The van der Waals surface area contributed by atoms with Gasteiger partial charge in [0.1, 0.15) is 23.0 Å². The summed E-state index contributed by atoms with van der Waals surface area (Å²) in [6.45, 7) is 5.79. The van der Waals surface area contributed by atoms with Gasteiger partial charge in [-0.3, -0.25) is 0 Å². The van der Waals surface area contributed by atoms with E-state index >= 15 is 0 Å². The van der Waals surface area contributed by atoms with E-state index in [-0.39, 0.29) is 0 Å². The smallest absolute Gasteiger partial charge is 0.119 e. The number of benzene rings is 6. The lowest BCUT2D eigenvalue weighted by Crippen LogP contribution is -2.10. The standard InChI is InChI=1S/C46H48N2O4/c1-5-7-33-51-45-29-21-41(22-30-45)47(39-17-25-43(49-3)26-18-39)37-13-9-35(10-14-37)36-11-15-38(16-12-36)48(40-19-27-44(50-4)28-20-40)42-23-31-46(32-24-42)52-34-8-6-2/h9-32H,5-8,33-34H2,1-4H3. The van der Waals surface area contributed by atoms with Gasteiger partial charge in [0.25, 0.3) is 0 Å². The number of hydrogen-bond acceptors (Lipinski definition) is 6. The largest absolute Gasteiger partial charge is 0.497 e. The van der Waals surface area contributed by atoms with Crippen LogP contribution in [0.15, 0.2) is 146 Å². The molecular formula is C46H48N2O4. The fraction of sp³-hybridized carbons (Fsp3) is 0.217. The van der Waals surface area contributed by atoms with Gasteiger partial charge in [0.2, 0.25) is 0 Å². The van der Waals surface area contributed by atoms with Crippen LogP contribution in [0.3, 0.4) is 0 Å². The van der Waals surface area contributed by atoms with Crippen molar-refractivity contribution in [3.8, 4) is 34.1 Å². The highest BCUT2D eigenvalue weighted by Gasteiger charge is 2.16. The van der Waals surface area contributed by atoms with Crippen molar-refractivity contribution >= 4 is 34.1 Å². The molecule has 0 N–H and O–H groups in total. The number of anilines is 6. The van der Waals surface area contributed by atoms with Crippen molar-refractivity contribution in [2.24, 2.45) is 0 Å². The lowest BCUT2D eigenvalue weighted by atomic mass is 10.0. The van der Waals surface area contributed by atoms with Crippen molar-refractivity contribution in [3.63, 3.8) is 0 Å². The Morgan fingerprint density at radius 1 is 0.346 bits per heavy atom. The molecule has 6 aromatic carbocycles. The molecule has 6 nitrogen and oxygen atoms in total. The molecular weight excluding hydrogens is 645 g/mol. The molecule has 266 valence electrons. The molecule has 0 aliphatic heterocycles. The van der Waals surface area contributed by atoms with Crippen molar-refractivity contribution in [1.82, 2.24) is 0 Å². The van der Waals surface area contributed by atoms with Crippen molar-refractivity contribution in [3.05, 3.63) is 146 Å². The maximum atomic E-state index is 5.94. The number of rotatable bonds is 17. The minimum Gasteiger partial charge on any atom is -0.497 e. The molecule has 6 aromatic rings. The Balaban J connectivity index is 1.26. The molecule has 0 unspecified atom stereocenters. The number of ether oxygens (including phenoxy) is 4. The normalized spacial score (nSPS) is 10.8. The zero-order valence-corrected chi connectivity index (χ0v) is 30.6. The van der Waals surface area contributed by atoms with Crippen LogP contribution in [0.4, 0.5) is 34.1 Å². The summed E-state index contributed by atoms with van der Waals surface area (Å²) in [6, 6.07) is 50.3. The van der Waals surface area contributed by atoms with Gasteiger partial charge in [-0.1, -0.05) is 51.0 Å². The molecule has 6 heteroatoms. The summed E-state index contributed by atoms with van der Waals surface area (Å²) < 4.78 is 22.8. The second-order valence-electron chi connectivity index (χ2n) is 12.6. The van der Waals surface area contributed by atoms with Crippen LogP contribution in [0.25, 0.3) is 11.1 Å². The number of unbranched alkanes of at least 4 members (excludes halogenated alkanes) is 2. The molecule has 0 atom stereocenters. The predicted octanol–water partition coefficient (Wildman–Crippen LogP) is 12.7. The van der Waals surface area contributed by atoms with Crippen LogP contribution in [-0.2, 0) is 0 Å². The van der Waals surface area contributed by atoms with E-state index in [1.807, 2.05) is 48.5 Å². The van der Waals surface area contributed by atoms with Crippen LogP contribution in [0.5, 0.6) is 23.0 Å². The Bertz CT molecular complexity index is 1790. The van der Waals surface area contributed by atoms with Crippen LogP contribution in [0, 0.1) is 0 Å². The van der Waals surface area contributed by atoms with Crippen molar-refractivity contribution in [2.45, 2.75) is 39.5 Å². The van der Waals surface area contributed by atoms with Crippen LogP contribution in [0.2, 0.25) is 0 Å². The molecule has 0 amide bonds. The molecule has 0 bridgehead atoms. The van der Waals surface area contributed by atoms with E-state index in [0.29, 0.717) is 0 Å². The summed E-state index contributed by atoms with van der Waals surface area (Å²) in [7, 11) is 3.38. The van der Waals surface area contributed by atoms with Crippen LogP contribution < -0.4 is 28.7 Å². The Labute approximate surface area is 308 Å². The minimum atomic E-state index is 0.724. The highest BCUT2D eigenvalue weighted by Crippen LogP contribution is 2.39. The van der Waals surface area contributed by atoms with Crippen molar-refractivity contribution in [1.29, 1.82) is 0 Å². The topological polar surface area (TPSA) is 43.4 Å². The Hall–Kier alpha value is -5.88. The molecule has 0 radical (unpaired) electrons. The molecule has 0 saturated heterocycles. The summed E-state index contributed by atoms with van der Waals surface area (Å²) >= 11 is 0. The second-order valence-corrected chi connectivity index (χ2v) is 12.6. The van der Waals surface area contributed by atoms with Crippen molar-refractivity contribution in [2.75, 3.05) is 37.2 Å². The summed E-state index contributed by atoms with van der Waals surface area (Å²) in [5, 5.41) is 0. The third-order valence-electron chi connectivity index (χ3n) is 8.97. The summed E-state index contributed by atoms with van der Waals surface area (Å²) in [4.78, 5) is 4.49. The van der Waals surface area contributed by atoms with Gasteiger partial charge in [-0.05, 0) is 145 Å². The van der Waals surface area contributed by atoms with Gasteiger partial charge in [0.05, 0.1) is 27.4 Å². The lowest BCUT2D eigenvalue weighted by Gasteiger charge is -2.26. The zero-order valence-electron chi connectivity index (χ0n) is 30.6. The number of nitrogens with zero attached hydrogens (tertiary/aromatic N) is 2.